The second kappa shape index (κ2) is 11.5. The summed E-state index contributed by atoms with van der Waals surface area (Å²) in [5, 5.41) is 5.92. The molecule has 0 bridgehead atoms. The van der Waals surface area contributed by atoms with E-state index in [-0.39, 0.29) is 29.9 Å². The summed E-state index contributed by atoms with van der Waals surface area (Å²) in [6.07, 6.45) is 1.74. The number of rotatable bonds is 7. The molecule has 0 spiro atoms. The van der Waals surface area contributed by atoms with Gasteiger partial charge in [0.1, 0.15) is 0 Å². The van der Waals surface area contributed by atoms with Gasteiger partial charge < -0.3 is 16.4 Å². The lowest BCUT2D eigenvalue weighted by atomic mass is 10.1. The number of aryl methyl sites for hydroxylation is 1. The molecule has 0 aliphatic rings. The molecule has 0 radical (unpaired) electrons. The Morgan fingerprint density at radius 3 is 2.40 bits per heavy atom. The van der Waals surface area contributed by atoms with Crippen LogP contribution in [0.25, 0.3) is 0 Å². The van der Waals surface area contributed by atoms with Crippen LogP contribution >= 0.6 is 24.0 Å². The Labute approximate surface area is 166 Å². The highest BCUT2D eigenvalue weighted by molar-refractivity contribution is 14.0. The van der Waals surface area contributed by atoms with Gasteiger partial charge in [0.15, 0.2) is 5.96 Å². The number of aliphatic imine (C=N–C) groups is 1. The molecule has 25 heavy (non-hydrogen) atoms. The van der Waals surface area contributed by atoms with E-state index in [1.807, 2.05) is 30.3 Å². The van der Waals surface area contributed by atoms with Gasteiger partial charge in [-0.25, -0.2) is 0 Å². The molecule has 5 nitrogen and oxygen atoms in total. The zero-order valence-corrected chi connectivity index (χ0v) is 16.7. The molecule has 6 heteroatoms. The van der Waals surface area contributed by atoms with E-state index in [0.717, 1.165) is 18.5 Å². The van der Waals surface area contributed by atoms with Crippen LogP contribution in [0.3, 0.4) is 0 Å². The van der Waals surface area contributed by atoms with Gasteiger partial charge in [-0.05, 0) is 42.7 Å². The molecule has 2 aromatic carbocycles. The number of nitrogens with one attached hydrogen (secondary N) is 2. The minimum Gasteiger partial charge on any atom is -0.370 e. The number of hydrogen-bond acceptors (Lipinski definition) is 2. The summed E-state index contributed by atoms with van der Waals surface area (Å²) in [5.41, 5.74) is 8.73. The highest BCUT2D eigenvalue weighted by Crippen LogP contribution is 2.09. The van der Waals surface area contributed by atoms with E-state index >= 15 is 0 Å². The zero-order valence-electron chi connectivity index (χ0n) is 14.4. The largest absolute Gasteiger partial charge is 0.370 e. The van der Waals surface area contributed by atoms with Crippen molar-refractivity contribution in [1.29, 1.82) is 0 Å². The van der Waals surface area contributed by atoms with Gasteiger partial charge in [-0.1, -0.05) is 37.3 Å². The molecule has 134 valence electrons. The minimum absolute atomic E-state index is 0. The Bertz CT molecular complexity index is 672. The summed E-state index contributed by atoms with van der Waals surface area (Å²) in [7, 11) is 0. The van der Waals surface area contributed by atoms with E-state index in [4.69, 9.17) is 5.73 Å². The van der Waals surface area contributed by atoms with E-state index in [0.29, 0.717) is 24.6 Å². The number of amides is 1. The van der Waals surface area contributed by atoms with Gasteiger partial charge in [0.2, 0.25) is 0 Å². The quantitative estimate of drug-likeness (QED) is 0.261. The summed E-state index contributed by atoms with van der Waals surface area (Å²) in [5.74, 6) is 0.315. The maximum absolute atomic E-state index is 11.9. The number of hydrogen-bond donors (Lipinski definition) is 3. The lowest BCUT2D eigenvalue weighted by Gasteiger charge is -2.07. The molecule has 0 fully saturated rings. The molecule has 0 atom stereocenters. The molecule has 0 aromatic heterocycles. The highest BCUT2D eigenvalue weighted by atomic mass is 127. The van der Waals surface area contributed by atoms with E-state index < -0.39 is 0 Å². The number of anilines is 1. The standard InChI is InChI=1S/C19H24N4O.HI/c1-2-15-9-11-17(12-10-15)23-19(20)22-14-6-13-21-18(24)16-7-4-3-5-8-16;/h3-5,7-12H,2,6,13-14H2,1H3,(H,21,24)(H3,20,22,23);1H. The van der Waals surface area contributed by atoms with E-state index in [9.17, 15) is 4.79 Å². The third-order valence-electron chi connectivity index (χ3n) is 3.57. The number of guanidine groups is 1. The van der Waals surface area contributed by atoms with Gasteiger partial charge in [0, 0.05) is 24.3 Å². The van der Waals surface area contributed by atoms with Crippen LogP contribution in [0.1, 0.15) is 29.3 Å². The predicted octanol–water partition coefficient (Wildman–Crippen LogP) is 3.41. The molecule has 0 saturated carbocycles. The Hall–Kier alpha value is -2.09. The van der Waals surface area contributed by atoms with Crippen molar-refractivity contribution < 1.29 is 4.79 Å². The highest BCUT2D eigenvalue weighted by Gasteiger charge is 2.02. The maximum Gasteiger partial charge on any atom is 0.251 e. The predicted molar refractivity (Wildman–Crippen MR) is 115 cm³/mol. The molecule has 0 heterocycles. The van der Waals surface area contributed by atoms with Crippen LogP contribution < -0.4 is 16.4 Å². The van der Waals surface area contributed by atoms with Crippen molar-refractivity contribution in [3.05, 3.63) is 65.7 Å². The molecule has 1 amide bonds. The Balaban J connectivity index is 0.00000312. The SMILES string of the molecule is CCc1ccc(NC(N)=NCCCNC(=O)c2ccccc2)cc1.I. The van der Waals surface area contributed by atoms with Crippen molar-refractivity contribution in [2.75, 3.05) is 18.4 Å². The van der Waals surface area contributed by atoms with Crippen molar-refractivity contribution in [1.82, 2.24) is 5.32 Å². The number of halogens is 1. The minimum atomic E-state index is -0.0679. The van der Waals surface area contributed by atoms with Crippen LogP contribution in [0.15, 0.2) is 59.6 Å². The van der Waals surface area contributed by atoms with Gasteiger partial charge >= 0.3 is 0 Å². The number of benzene rings is 2. The van der Waals surface area contributed by atoms with E-state index in [1.165, 1.54) is 5.56 Å². The molecule has 0 aliphatic carbocycles. The fourth-order valence-corrected chi connectivity index (χ4v) is 2.18. The van der Waals surface area contributed by atoms with Crippen molar-refractivity contribution in [3.8, 4) is 0 Å². The number of nitrogens with two attached hydrogens (primary N) is 1. The average Bonchev–Trinajstić information content (AvgIpc) is 2.62. The molecule has 0 unspecified atom stereocenters. The van der Waals surface area contributed by atoms with Gasteiger partial charge in [-0.15, -0.1) is 24.0 Å². The first-order chi connectivity index (χ1) is 11.7. The summed E-state index contributed by atoms with van der Waals surface area (Å²) in [6.45, 7) is 3.24. The lowest BCUT2D eigenvalue weighted by molar-refractivity contribution is 0.0953. The van der Waals surface area contributed by atoms with Gasteiger partial charge in [0.05, 0.1) is 0 Å². The lowest BCUT2D eigenvalue weighted by Crippen LogP contribution is -2.26. The zero-order chi connectivity index (χ0) is 17.2. The normalized spacial score (nSPS) is 10.7. The molecule has 0 aliphatic heterocycles. The fraction of sp³-hybridized carbons (Fsp3) is 0.263. The van der Waals surface area contributed by atoms with Crippen LogP contribution in [-0.2, 0) is 6.42 Å². The second-order valence-corrected chi connectivity index (χ2v) is 5.42. The number of carbonyl (C=O) groups is 1. The van der Waals surface area contributed by atoms with Gasteiger partial charge in [-0.3, -0.25) is 9.79 Å². The number of nitrogens with zero attached hydrogens (tertiary/aromatic N) is 1. The first-order valence-corrected chi connectivity index (χ1v) is 8.18. The van der Waals surface area contributed by atoms with Crippen molar-refractivity contribution in [3.63, 3.8) is 0 Å². The molecule has 2 rings (SSSR count). The Morgan fingerprint density at radius 1 is 1.08 bits per heavy atom. The Kier molecular flexibility index (Phi) is 9.61. The maximum atomic E-state index is 11.9. The number of carbonyl (C=O) groups excluding carboxylic acids is 1. The molecule has 2 aromatic rings. The second-order valence-electron chi connectivity index (χ2n) is 5.42. The van der Waals surface area contributed by atoms with Crippen LogP contribution in [0, 0.1) is 0 Å². The molecular formula is C19H25IN4O. The first-order valence-electron chi connectivity index (χ1n) is 8.18. The monoisotopic (exact) mass is 452 g/mol. The van der Waals surface area contributed by atoms with Crippen molar-refractivity contribution >= 4 is 41.5 Å². The summed E-state index contributed by atoms with van der Waals surface area (Å²) < 4.78 is 0. The third-order valence-corrected chi connectivity index (χ3v) is 3.57. The molecule has 0 saturated heterocycles. The molecular weight excluding hydrogens is 427 g/mol. The van der Waals surface area contributed by atoms with E-state index in [2.05, 4.69) is 34.7 Å². The average molecular weight is 452 g/mol. The Morgan fingerprint density at radius 2 is 1.76 bits per heavy atom. The van der Waals surface area contributed by atoms with Crippen molar-refractivity contribution in [2.24, 2.45) is 10.7 Å². The summed E-state index contributed by atoms with van der Waals surface area (Å²) >= 11 is 0. The topological polar surface area (TPSA) is 79.5 Å². The smallest absolute Gasteiger partial charge is 0.251 e. The van der Waals surface area contributed by atoms with Crippen LogP contribution in [0.4, 0.5) is 5.69 Å². The van der Waals surface area contributed by atoms with Crippen LogP contribution in [0.5, 0.6) is 0 Å². The van der Waals surface area contributed by atoms with Gasteiger partial charge in [-0.2, -0.15) is 0 Å². The van der Waals surface area contributed by atoms with Crippen molar-refractivity contribution in [2.45, 2.75) is 19.8 Å². The third kappa shape index (κ3) is 7.55. The first kappa shape index (κ1) is 21.0. The summed E-state index contributed by atoms with van der Waals surface area (Å²) in [4.78, 5) is 16.1. The van der Waals surface area contributed by atoms with Crippen LogP contribution in [-0.4, -0.2) is 25.0 Å². The fourth-order valence-electron chi connectivity index (χ4n) is 2.18. The molecule has 4 N–H and O–H groups in total. The van der Waals surface area contributed by atoms with Crippen LogP contribution in [0.2, 0.25) is 0 Å². The summed E-state index contributed by atoms with van der Waals surface area (Å²) in [6, 6.07) is 17.3. The van der Waals surface area contributed by atoms with E-state index in [1.54, 1.807) is 12.1 Å². The van der Waals surface area contributed by atoms with Gasteiger partial charge in [0.25, 0.3) is 5.91 Å².